The summed E-state index contributed by atoms with van der Waals surface area (Å²) in [6, 6.07) is 20.9. The van der Waals surface area contributed by atoms with Crippen LogP contribution in [0.2, 0.25) is 0 Å². The molecule has 1 heterocycles. The standard InChI is InChI=1S/C69H84FN11O17S/c1-69(2,3)46-24-26-48(27-25-46)99(97,98)81-56(38-61(88)89)68(96)79-53(29-31-60(86)87)65(93)75-40-58(83)77-54(35-41-14-13-17-47(70)34-41)66(94)80-55(37-45-39-74-50-19-9-8-18-49(45)50)67(95)78-52(28-30-59(84)85)64(92)73-32-11-4-5-21-57(82)76-51(62(71)90)20-10-12-33-72-63(91)44-23-22-42-15-6-7-16-43(42)36-44/h6-9,13-19,22-27,34,36,39,51-56,74,81H,4-5,10-12,20-21,28-33,35,37-38,40H2,1-3H3,(H2,71,90)(H,72,91)(H,73,92)(H,75,93)(H,76,82)(H,77,83)(H,78,95)(H,79,96)(H,80,94)(H,84,85)(H,86,87)(H,88,89). The maximum absolute atomic E-state index is 14.7. The number of para-hydroxylation sites is 1. The Bertz CT molecular complexity index is 4010. The number of primary amides is 1. The van der Waals surface area contributed by atoms with Gasteiger partial charge in [-0.2, -0.15) is 4.72 Å². The number of amides is 9. The number of rotatable bonds is 40. The number of carboxylic acids is 3. The van der Waals surface area contributed by atoms with Gasteiger partial charge in [-0.1, -0.05) is 100.0 Å². The summed E-state index contributed by atoms with van der Waals surface area (Å²) in [4.78, 5) is 160. The van der Waals surface area contributed by atoms with E-state index in [2.05, 4.69) is 47.5 Å². The number of carboxylic acid groups (broad SMARTS) is 3. The maximum Gasteiger partial charge on any atom is 0.305 e. The number of nitrogens with two attached hydrogens (primary N) is 1. The first-order valence-electron chi connectivity index (χ1n) is 32.2. The molecule has 6 atom stereocenters. The Kier molecular flexibility index (Phi) is 29.1. The Labute approximate surface area is 570 Å². The van der Waals surface area contributed by atoms with E-state index < -0.39 is 162 Å². The van der Waals surface area contributed by atoms with Crippen molar-refractivity contribution in [2.24, 2.45) is 5.73 Å². The second kappa shape index (κ2) is 37.2. The molecule has 530 valence electrons. The molecule has 0 fully saturated rings. The van der Waals surface area contributed by atoms with Crippen molar-refractivity contribution in [1.82, 2.24) is 52.2 Å². The molecule has 5 aromatic carbocycles. The molecule has 6 aromatic rings. The van der Waals surface area contributed by atoms with Crippen LogP contribution < -0.4 is 53.0 Å². The van der Waals surface area contributed by atoms with Gasteiger partial charge in [0.1, 0.15) is 42.1 Å². The molecule has 0 aliphatic carbocycles. The third kappa shape index (κ3) is 25.4. The molecule has 0 radical (unpaired) electrons. The summed E-state index contributed by atoms with van der Waals surface area (Å²) < 4.78 is 43.6. The minimum Gasteiger partial charge on any atom is -0.481 e. The minimum atomic E-state index is -4.59. The normalized spacial score (nSPS) is 13.3. The number of carbonyl (C=O) groups is 12. The summed E-state index contributed by atoms with van der Waals surface area (Å²) in [7, 11) is -4.59. The van der Waals surface area contributed by atoms with Crippen LogP contribution in [0.4, 0.5) is 4.39 Å². The maximum atomic E-state index is 14.7. The Morgan fingerprint density at radius 1 is 0.525 bits per heavy atom. The highest BCUT2D eigenvalue weighted by Gasteiger charge is 2.34. The van der Waals surface area contributed by atoms with Crippen LogP contribution in [0.25, 0.3) is 21.7 Å². The monoisotopic (exact) mass is 1390 g/mol. The molecule has 9 amide bonds. The molecule has 28 nitrogen and oxygen atoms in total. The van der Waals surface area contributed by atoms with E-state index in [9.17, 15) is 85.7 Å². The fourth-order valence-electron chi connectivity index (χ4n) is 10.6. The van der Waals surface area contributed by atoms with Gasteiger partial charge in [-0.05, 0) is 120 Å². The Balaban J connectivity index is 1.08. The summed E-state index contributed by atoms with van der Waals surface area (Å²) in [5, 5.41) is 51.6. The van der Waals surface area contributed by atoms with Crippen molar-refractivity contribution in [1.29, 1.82) is 0 Å². The molecule has 0 bridgehead atoms. The Hall–Kier alpha value is -10.6. The van der Waals surface area contributed by atoms with Gasteiger partial charge in [0.05, 0.1) is 17.9 Å². The number of nitrogens with one attached hydrogen (secondary N) is 10. The lowest BCUT2D eigenvalue weighted by Crippen LogP contribution is -2.58. The highest BCUT2D eigenvalue weighted by molar-refractivity contribution is 7.89. The van der Waals surface area contributed by atoms with Gasteiger partial charge in [0.2, 0.25) is 57.3 Å². The molecule has 30 heteroatoms. The van der Waals surface area contributed by atoms with Gasteiger partial charge in [0.25, 0.3) is 5.91 Å². The number of aliphatic carboxylic acids is 3. The fourth-order valence-corrected chi connectivity index (χ4v) is 11.8. The average molecular weight is 1390 g/mol. The van der Waals surface area contributed by atoms with Crippen molar-refractivity contribution >= 4 is 103 Å². The van der Waals surface area contributed by atoms with Crippen molar-refractivity contribution in [2.75, 3.05) is 19.6 Å². The number of fused-ring (bicyclic) bond motifs is 2. The van der Waals surface area contributed by atoms with Crippen molar-refractivity contribution in [3.8, 4) is 0 Å². The van der Waals surface area contributed by atoms with Gasteiger partial charge in [0, 0.05) is 67.9 Å². The second-order valence-electron chi connectivity index (χ2n) is 24.8. The molecule has 6 rings (SSSR count). The van der Waals surface area contributed by atoms with E-state index in [0.29, 0.717) is 60.7 Å². The summed E-state index contributed by atoms with van der Waals surface area (Å²) in [5.41, 5.74) is 7.79. The lowest BCUT2D eigenvalue weighted by atomic mass is 9.87. The van der Waals surface area contributed by atoms with Crippen LogP contribution in [0.5, 0.6) is 0 Å². The summed E-state index contributed by atoms with van der Waals surface area (Å²) >= 11 is 0. The van der Waals surface area contributed by atoms with Gasteiger partial charge in [-0.15, -0.1) is 0 Å². The van der Waals surface area contributed by atoms with E-state index in [-0.39, 0.29) is 47.6 Å². The predicted octanol–water partition coefficient (Wildman–Crippen LogP) is 3.40. The van der Waals surface area contributed by atoms with Crippen LogP contribution in [0.3, 0.4) is 0 Å². The SMILES string of the molecule is CC(C)(C)c1ccc(S(=O)(=O)NC(CC(=O)O)C(=O)NC(CCC(=O)O)C(=O)NCC(=O)NC(Cc2cccc(F)c2)C(=O)NC(Cc2c[nH]c3ccccc23)C(=O)NC(CCC(=O)O)C(=O)NCCCCCC(=O)NC(CCCCNC(=O)c2ccc3ccccc3c2)C(N)=O)cc1. The largest absolute Gasteiger partial charge is 0.481 e. The fraction of sp³-hybridized carbons (Fsp3) is 0.391. The average Bonchev–Trinajstić information content (AvgIpc) is 1.23. The summed E-state index contributed by atoms with van der Waals surface area (Å²) in [6.07, 6.45) is -0.403. The minimum absolute atomic E-state index is 0.00666. The van der Waals surface area contributed by atoms with E-state index in [1.54, 1.807) is 42.6 Å². The van der Waals surface area contributed by atoms with Gasteiger partial charge < -0.3 is 68.6 Å². The lowest BCUT2D eigenvalue weighted by Gasteiger charge is -2.26. The first-order chi connectivity index (χ1) is 47.0. The number of unbranched alkanes of at least 4 members (excludes halogenated alkanes) is 3. The predicted molar refractivity (Wildman–Crippen MR) is 361 cm³/mol. The molecule has 6 unspecified atom stereocenters. The molecule has 15 N–H and O–H groups in total. The molecule has 0 aliphatic rings. The molecular formula is C69H84FN11O17S. The van der Waals surface area contributed by atoms with E-state index in [1.165, 1.54) is 36.4 Å². The van der Waals surface area contributed by atoms with Crippen molar-refractivity contribution in [3.05, 3.63) is 150 Å². The van der Waals surface area contributed by atoms with E-state index in [4.69, 9.17) is 5.73 Å². The van der Waals surface area contributed by atoms with Gasteiger partial charge in [-0.3, -0.25) is 57.5 Å². The number of hydrogen-bond donors (Lipinski definition) is 14. The van der Waals surface area contributed by atoms with E-state index in [0.717, 1.165) is 28.5 Å². The van der Waals surface area contributed by atoms with Crippen molar-refractivity contribution in [3.63, 3.8) is 0 Å². The van der Waals surface area contributed by atoms with Crippen molar-refractivity contribution in [2.45, 2.75) is 157 Å². The number of H-pyrrole nitrogens is 1. The van der Waals surface area contributed by atoms with E-state index >= 15 is 0 Å². The third-order valence-corrected chi connectivity index (χ3v) is 17.5. The zero-order chi connectivity index (χ0) is 72.4. The molecule has 1 aromatic heterocycles. The Morgan fingerprint density at radius 2 is 1.11 bits per heavy atom. The van der Waals surface area contributed by atoms with Crippen LogP contribution >= 0.6 is 0 Å². The molecule has 0 saturated carbocycles. The quantitative estimate of drug-likeness (QED) is 0.0245. The van der Waals surface area contributed by atoms with Crippen LogP contribution in [-0.2, 0) is 81.0 Å². The summed E-state index contributed by atoms with van der Waals surface area (Å²) in [6.45, 7) is 5.03. The number of aromatic nitrogens is 1. The highest BCUT2D eigenvalue weighted by atomic mass is 32.2. The smallest absolute Gasteiger partial charge is 0.305 e. The number of sulfonamides is 1. The van der Waals surface area contributed by atoms with Gasteiger partial charge >= 0.3 is 17.9 Å². The Morgan fingerprint density at radius 3 is 1.75 bits per heavy atom. The molecular weight excluding hydrogens is 1310 g/mol. The number of hydrogen-bond acceptors (Lipinski definition) is 14. The zero-order valence-corrected chi connectivity index (χ0v) is 55.8. The number of benzene rings is 5. The first kappa shape index (κ1) is 77.4. The molecule has 0 saturated heterocycles. The van der Waals surface area contributed by atoms with Crippen molar-refractivity contribution < 1.29 is 85.7 Å². The molecule has 0 spiro atoms. The third-order valence-electron chi connectivity index (χ3n) is 16.0. The van der Waals surface area contributed by atoms with Crippen LogP contribution in [-0.4, -0.2) is 156 Å². The molecule has 0 aliphatic heterocycles. The summed E-state index contributed by atoms with van der Waals surface area (Å²) in [5.74, 6) is -13.0. The van der Waals surface area contributed by atoms with Crippen LogP contribution in [0, 0.1) is 5.82 Å². The second-order valence-corrected chi connectivity index (χ2v) is 26.5. The van der Waals surface area contributed by atoms with Crippen LogP contribution in [0.15, 0.2) is 126 Å². The lowest BCUT2D eigenvalue weighted by molar-refractivity contribution is -0.140. The topological polar surface area (TPSA) is 450 Å². The number of carbonyl (C=O) groups excluding carboxylic acids is 9. The molecule has 99 heavy (non-hydrogen) atoms. The highest BCUT2D eigenvalue weighted by Crippen LogP contribution is 2.25. The number of aromatic amines is 1. The van der Waals surface area contributed by atoms with Gasteiger partial charge in [-0.25, -0.2) is 12.8 Å². The van der Waals surface area contributed by atoms with E-state index in [1.807, 2.05) is 55.8 Å². The first-order valence-corrected chi connectivity index (χ1v) is 33.6. The zero-order valence-electron chi connectivity index (χ0n) is 55.0. The number of halogens is 1. The van der Waals surface area contributed by atoms with Gasteiger partial charge in [0.15, 0.2) is 0 Å². The van der Waals surface area contributed by atoms with Crippen LogP contribution in [0.1, 0.15) is 125 Å².